The smallest absolute Gasteiger partial charge is 0.165 e. The van der Waals surface area contributed by atoms with E-state index in [4.69, 9.17) is 9.84 Å². The molecule has 0 aliphatic rings. The molecule has 0 aliphatic carbocycles. The first-order valence-corrected chi connectivity index (χ1v) is 5.76. The van der Waals surface area contributed by atoms with Gasteiger partial charge in [0.15, 0.2) is 11.6 Å². The number of hydrogen-bond acceptors (Lipinski definition) is 3. The first-order chi connectivity index (χ1) is 8.76. The molecule has 0 amide bonds. The van der Waals surface area contributed by atoms with Crippen molar-refractivity contribution in [2.45, 2.75) is 26.7 Å². The van der Waals surface area contributed by atoms with Gasteiger partial charge in [-0.1, -0.05) is 12.1 Å². The van der Waals surface area contributed by atoms with E-state index in [1.165, 1.54) is 6.07 Å². The SMILES string of the molecule is CCn1cncc1COc1c(F)cccc1CO. The molecule has 1 aromatic heterocycles. The number of imidazole rings is 1. The maximum atomic E-state index is 13.6. The summed E-state index contributed by atoms with van der Waals surface area (Å²) < 4.78 is 21.0. The topological polar surface area (TPSA) is 47.3 Å². The Bertz CT molecular complexity index is 525. The van der Waals surface area contributed by atoms with Crippen LogP contribution in [0.15, 0.2) is 30.7 Å². The highest BCUT2D eigenvalue weighted by Gasteiger charge is 2.10. The van der Waals surface area contributed by atoms with Crippen molar-refractivity contribution in [1.29, 1.82) is 0 Å². The molecule has 0 aliphatic heterocycles. The second kappa shape index (κ2) is 5.64. The molecular weight excluding hydrogens is 235 g/mol. The zero-order valence-electron chi connectivity index (χ0n) is 10.1. The third-order valence-electron chi connectivity index (χ3n) is 2.72. The summed E-state index contributed by atoms with van der Waals surface area (Å²) in [6.45, 7) is 2.75. The minimum Gasteiger partial charge on any atom is -0.484 e. The zero-order valence-corrected chi connectivity index (χ0v) is 10.1. The highest BCUT2D eigenvalue weighted by molar-refractivity contribution is 5.34. The van der Waals surface area contributed by atoms with Crippen LogP contribution < -0.4 is 4.74 Å². The van der Waals surface area contributed by atoms with Gasteiger partial charge in [0, 0.05) is 12.1 Å². The highest BCUT2D eigenvalue weighted by atomic mass is 19.1. The Morgan fingerprint density at radius 1 is 1.44 bits per heavy atom. The quantitative estimate of drug-likeness (QED) is 0.884. The van der Waals surface area contributed by atoms with Gasteiger partial charge in [0.05, 0.1) is 24.8 Å². The molecule has 0 spiro atoms. The van der Waals surface area contributed by atoms with E-state index in [1.807, 2.05) is 11.5 Å². The Labute approximate surface area is 105 Å². The molecule has 0 saturated carbocycles. The van der Waals surface area contributed by atoms with Crippen molar-refractivity contribution in [2.75, 3.05) is 0 Å². The Balaban J connectivity index is 2.15. The summed E-state index contributed by atoms with van der Waals surface area (Å²) in [6.07, 6.45) is 3.38. The van der Waals surface area contributed by atoms with Crippen LogP contribution in [0.2, 0.25) is 0 Å². The minimum atomic E-state index is -0.468. The van der Waals surface area contributed by atoms with Crippen molar-refractivity contribution in [3.63, 3.8) is 0 Å². The number of rotatable bonds is 5. The van der Waals surface area contributed by atoms with Gasteiger partial charge in [-0.25, -0.2) is 9.37 Å². The van der Waals surface area contributed by atoms with E-state index in [2.05, 4.69) is 4.98 Å². The van der Waals surface area contributed by atoms with Crippen molar-refractivity contribution in [2.24, 2.45) is 0 Å². The second-order valence-corrected chi connectivity index (χ2v) is 3.85. The fourth-order valence-corrected chi connectivity index (χ4v) is 1.74. The van der Waals surface area contributed by atoms with Gasteiger partial charge in [-0.3, -0.25) is 0 Å². The number of aliphatic hydroxyl groups is 1. The number of benzene rings is 1. The highest BCUT2D eigenvalue weighted by Crippen LogP contribution is 2.23. The van der Waals surface area contributed by atoms with Crippen LogP contribution in [0, 0.1) is 5.82 Å². The van der Waals surface area contributed by atoms with Crippen molar-refractivity contribution < 1.29 is 14.2 Å². The van der Waals surface area contributed by atoms with Gasteiger partial charge < -0.3 is 14.4 Å². The monoisotopic (exact) mass is 250 g/mol. The first kappa shape index (κ1) is 12.6. The molecule has 0 atom stereocenters. The standard InChI is InChI=1S/C13H15FN2O2/c1-2-16-9-15-6-11(16)8-18-13-10(7-17)4-3-5-12(13)14/h3-6,9,17H,2,7-8H2,1H3. The van der Waals surface area contributed by atoms with Crippen molar-refractivity contribution >= 4 is 0 Å². The summed E-state index contributed by atoms with van der Waals surface area (Å²) in [5.74, 6) is -0.368. The normalized spacial score (nSPS) is 10.6. The fourth-order valence-electron chi connectivity index (χ4n) is 1.74. The molecule has 0 radical (unpaired) electrons. The third-order valence-corrected chi connectivity index (χ3v) is 2.72. The number of nitrogens with zero attached hydrogens (tertiary/aromatic N) is 2. The fraction of sp³-hybridized carbons (Fsp3) is 0.308. The van der Waals surface area contributed by atoms with Gasteiger partial charge in [-0.2, -0.15) is 0 Å². The lowest BCUT2D eigenvalue weighted by atomic mass is 10.2. The van der Waals surface area contributed by atoms with E-state index in [0.29, 0.717) is 5.56 Å². The largest absolute Gasteiger partial charge is 0.484 e. The molecule has 0 fully saturated rings. The number of halogens is 1. The van der Waals surface area contributed by atoms with Gasteiger partial charge in [0.1, 0.15) is 6.61 Å². The molecule has 18 heavy (non-hydrogen) atoms. The molecule has 4 nitrogen and oxygen atoms in total. The van der Waals surface area contributed by atoms with Crippen LogP contribution in [0.5, 0.6) is 5.75 Å². The molecule has 1 aromatic carbocycles. The molecule has 2 aromatic rings. The summed E-state index contributed by atoms with van der Waals surface area (Å²) >= 11 is 0. The van der Waals surface area contributed by atoms with Crippen molar-refractivity contribution in [3.8, 4) is 5.75 Å². The van der Waals surface area contributed by atoms with Crippen LogP contribution in [-0.2, 0) is 19.8 Å². The van der Waals surface area contributed by atoms with Gasteiger partial charge in [0.25, 0.3) is 0 Å². The predicted molar refractivity (Wildman–Crippen MR) is 64.6 cm³/mol. The number of para-hydroxylation sites is 1. The van der Waals surface area contributed by atoms with Crippen LogP contribution in [0.4, 0.5) is 4.39 Å². The molecule has 0 unspecified atom stereocenters. The number of aryl methyl sites for hydroxylation is 1. The molecule has 1 N–H and O–H groups in total. The summed E-state index contributed by atoms with van der Waals surface area (Å²) in [4.78, 5) is 4.01. The van der Waals surface area contributed by atoms with E-state index in [9.17, 15) is 4.39 Å². The van der Waals surface area contributed by atoms with E-state index in [0.717, 1.165) is 12.2 Å². The van der Waals surface area contributed by atoms with E-state index >= 15 is 0 Å². The van der Waals surface area contributed by atoms with Crippen LogP contribution in [0.1, 0.15) is 18.2 Å². The number of ether oxygens (including phenoxy) is 1. The summed E-state index contributed by atoms with van der Waals surface area (Å²) in [5.41, 5.74) is 1.31. The molecule has 5 heteroatoms. The number of hydrogen-bond donors (Lipinski definition) is 1. The molecular formula is C13H15FN2O2. The third kappa shape index (κ3) is 2.51. The molecule has 96 valence electrons. The van der Waals surface area contributed by atoms with Crippen LogP contribution in [0.25, 0.3) is 0 Å². The summed E-state index contributed by atoms with van der Waals surface area (Å²) in [6, 6.07) is 4.49. The lowest BCUT2D eigenvalue weighted by Gasteiger charge is -2.11. The first-order valence-electron chi connectivity index (χ1n) is 5.76. The molecule has 2 rings (SSSR count). The lowest BCUT2D eigenvalue weighted by Crippen LogP contribution is -2.06. The van der Waals surface area contributed by atoms with Crippen molar-refractivity contribution in [1.82, 2.24) is 9.55 Å². The van der Waals surface area contributed by atoms with E-state index in [-0.39, 0.29) is 19.0 Å². The average Bonchev–Trinajstić information content (AvgIpc) is 2.84. The van der Waals surface area contributed by atoms with Gasteiger partial charge >= 0.3 is 0 Å². The van der Waals surface area contributed by atoms with Crippen LogP contribution in [0.3, 0.4) is 0 Å². The number of aromatic nitrogens is 2. The van der Waals surface area contributed by atoms with E-state index in [1.54, 1.807) is 24.7 Å². The van der Waals surface area contributed by atoms with Crippen molar-refractivity contribution in [3.05, 3.63) is 47.8 Å². The maximum absolute atomic E-state index is 13.6. The van der Waals surface area contributed by atoms with Gasteiger partial charge in [-0.05, 0) is 13.0 Å². The Morgan fingerprint density at radius 3 is 3.00 bits per heavy atom. The Morgan fingerprint density at radius 2 is 2.28 bits per heavy atom. The van der Waals surface area contributed by atoms with Crippen LogP contribution in [-0.4, -0.2) is 14.7 Å². The van der Waals surface area contributed by atoms with Gasteiger partial charge in [-0.15, -0.1) is 0 Å². The summed E-state index contributed by atoms with van der Waals surface area (Å²) in [5, 5.41) is 9.14. The van der Waals surface area contributed by atoms with E-state index < -0.39 is 5.82 Å². The molecule has 1 heterocycles. The van der Waals surface area contributed by atoms with Gasteiger partial charge in [0.2, 0.25) is 0 Å². The predicted octanol–water partition coefficient (Wildman–Crippen LogP) is 2.11. The summed E-state index contributed by atoms with van der Waals surface area (Å²) in [7, 11) is 0. The second-order valence-electron chi connectivity index (χ2n) is 3.85. The Kier molecular flexibility index (Phi) is 3.94. The lowest BCUT2D eigenvalue weighted by molar-refractivity contribution is 0.247. The average molecular weight is 250 g/mol. The molecule has 0 bridgehead atoms. The zero-order chi connectivity index (χ0) is 13.0. The van der Waals surface area contributed by atoms with Crippen LogP contribution >= 0.6 is 0 Å². The number of aliphatic hydroxyl groups excluding tert-OH is 1. The maximum Gasteiger partial charge on any atom is 0.165 e. The minimum absolute atomic E-state index is 0.101. The molecule has 0 saturated heterocycles. The Hall–Kier alpha value is -1.88.